The lowest BCUT2D eigenvalue weighted by atomic mass is 10.1. The lowest BCUT2D eigenvalue weighted by molar-refractivity contribution is -0.123. The van der Waals surface area contributed by atoms with E-state index in [0.29, 0.717) is 17.5 Å². The van der Waals surface area contributed by atoms with E-state index in [-0.39, 0.29) is 18.6 Å². The van der Waals surface area contributed by atoms with E-state index in [0.717, 1.165) is 18.4 Å². The minimum atomic E-state index is -0.0965. The maximum atomic E-state index is 11.5. The first kappa shape index (κ1) is 13.7. The van der Waals surface area contributed by atoms with Crippen molar-refractivity contribution >= 4 is 5.91 Å². The molecule has 1 aromatic rings. The van der Waals surface area contributed by atoms with Crippen LogP contribution in [0.3, 0.4) is 0 Å². The molecule has 1 amide bonds. The Hall–Kier alpha value is -1.75. The monoisotopic (exact) mass is 264 g/mol. The summed E-state index contributed by atoms with van der Waals surface area (Å²) in [6.07, 6.45) is 2.14. The molecule has 1 saturated carbocycles. The molecule has 0 heterocycles. The third kappa shape index (κ3) is 3.86. The van der Waals surface area contributed by atoms with Crippen LogP contribution in [0.25, 0.3) is 0 Å². The quantitative estimate of drug-likeness (QED) is 0.814. The molecule has 3 N–H and O–H groups in total. The minimum absolute atomic E-state index is 0.00435. The van der Waals surface area contributed by atoms with E-state index in [1.165, 1.54) is 0 Å². The van der Waals surface area contributed by atoms with Gasteiger partial charge in [0.2, 0.25) is 0 Å². The summed E-state index contributed by atoms with van der Waals surface area (Å²) >= 11 is 0. The Balaban J connectivity index is 1.96. The molecule has 104 valence electrons. The van der Waals surface area contributed by atoms with Crippen LogP contribution in [0.5, 0.6) is 11.5 Å². The number of nitrogens with two attached hydrogens (primary N) is 1. The first-order valence-electron chi connectivity index (χ1n) is 6.46. The van der Waals surface area contributed by atoms with Gasteiger partial charge >= 0.3 is 0 Å². The van der Waals surface area contributed by atoms with Crippen LogP contribution in [0.15, 0.2) is 18.2 Å². The number of carbonyl (C=O) groups excluding carboxylic acids is 1. The molecule has 0 aliphatic heterocycles. The van der Waals surface area contributed by atoms with Crippen molar-refractivity contribution in [1.82, 2.24) is 5.32 Å². The van der Waals surface area contributed by atoms with Gasteiger partial charge in [-0.15, -0.1) is 0 Å². The maximum Gasteiger partial charge on any atom is 0.258 e. The third-order valence-electron chi connectivity index (χ3n) is 3.01. The number of hydrogen-bond donors (Lipinski definition) is 2. The first-order valence-corrected chi connectivity index (χ1v) is 6.46. The molecule has 0 aromatic heterocycles. The van der Waals surface area contributed by atoms with Gasteiger partial charge in [-0.05, 0) is 37.5 Å². The Morgan fingerprint density at radius 2 is 2.21 bits per heavy atom. The van der Waals surface area contributed by atoms with Crippen molar-refractivity contribution in [1.29, 1.82) is 0 Å². The molecule has 0 radical (unpaired) electrons. The second kappa shape index (κ2) is 5.93. The van der Waals surface area contributed by atoms with Crippen LogP contribution in [0.1, 0.15) is 31.4 Å². The van der Waals surface area contributed by atoms with Gasteiger partial charge in [0.1, 0.15) is 0 Å². The van der Waals surface area contributed by atoms with Crippen LogP contribution in [-0.2, 0) is 4.79 Å². The van der Waals surface area contributed by atoms with Gasteiger partial charge in [-0.25, -0.2) is 0 Å². The summed E-state index contributed by atoms with van der Waals surface area (Å²) in [5, 5.41) is 2.87. The third-order valence-corrected chi connectivity index (χ3v) is 3.01. The van der Waals surface area contributed by atoms with Crippen molar-refractivity contribution < 1.29 is 14.3 Å². The van der Waals surface area contributed by atoms with Gasteiger partial charge in [-0.2, -0.15) is 0 Å². The smallest absolute Gasteiger partial charge is 0.258 e. The fourth-order valence-corrected chi connectivity index (χ4v) is 1.73. The highest BCUT2D eigenvalue weighted by Crippen LogP contribution is 2.29. The Kier molecular flexibility index (Phi) is 4.27. The molecule has 0 bridgehead atoms. The maximum absolute atomic E-state index is 11.5. The summed E-state index contributed by atoms with van der Waals surface area (Å²) in [6, 6.07) is 5.77. The van der Waals surface area contributed by atoms with E-state index >= 15 is 0 Å². The van der Waals surface area contributed by atoms with Gasteiger partial charge in [0, 0.05) is 12.1 Å². The second-order valence-electron chi connectivity index (χ2n) is 4.83. The van der Waals surface area contributed by atoms with Gasteiger partial charge in [0.25, 0.3) is 5.91 Å². The highest BCUT2D eigenvalue weighted by atomic mass is 16.5. The molecule has 1 aliphatic carbocycles. The van der Waals surface area contributed by atoms with Crippen LogP contribution >= 0.6 is 0 Å². The van der Waals surface area contributed by atoms with Crippen LogP contribution < -0.4 is 20.5 Å². The highest BCUT2D eigenvalue weighted by Gasteiger charge is 2.23. The lowest BCUT2D eigenvalue weighted by Crippen LogP contribution is -2.30. The number of methoxy groups -OCH3 is 1. The topological polar surface area (TPSA) is 73.6 Å². The van der Waals surface area contributed by atoms with E-state index in [1.807, 2.05) is 19.1 Å². The molecule has 19 heavy (non-hydrogen) atoms. The number of carbonyl (C=O) groups is 1. The number of hydrogen-bond acceptors (Lipinski definition) is 4. The molecule has 1 atom stereocenters. The van der Waals surface area contributed by atoms with E-state index < -0.39 is 0 Å². The van der Waals surface area contributed by atoms with Crippen molar-refractivity contribution in [3.63, 3.8) is 0 Å². The number of benzene rings is 1. The summed E-state index contributed by atoms with van der Waals surface area (Å²) in [6.45, 7) is 1.91. The molecule has 0 unspecified atom stereocenters. The number of ether oxygens (including phenoxy) is 2. The van der Waals surface area contributed by atoms with Crippen molar-refractivity contribution in [3.8, 4) is 11.5 Å². The van der Waals surface area contributed by atoms with Crippen LogP contribution in [0.4, 0.5) is 0 Å². The second-order valence-corrected chi connectivity index (χ2v) is 4.83. The molecule has 1 aliphatic rings. The highest BCUT2D eigenvalue weighted by molar-refractivity contribution is 5.78. The van der Waals surface area contributed by atoms with Gasteiger partial charge in [-0.1, -0.05) is 6.07 Å². The summed E-state index contributed by atoms with van der Waals surface area (Å²) in [5.74, 6) is 1.05. The lowest BCUT2D eigenvalue weighted by Gasteiger charge is -2.13. The molecular weight excluding hydrogens is 244 g/mol. The minimum Gasteiger partial charge on any atom is -0.493 e. The van der Waals surface area contributed by atoms with Crippen molar-refractivity contribution in [3.05, 3.63) is 23.8 Å². The Morgan fingerprint density at radius 3 is 2.79 bits per heavy atom. The standard InChI is InChI=1S/C14H20N2O3/c1-9(15)10-3-6-12(13(7-10)18-2)19-8-14(17)16-11-4-5-11/h3,6-7,9,11H,4-5,8,15H2,1-2H3,(H,16,17)/t9-/m1/s1. The van der Waals surface area contributed by atoms with Gasteiger partial charge in [0.15, 0.2) is 18.1 Å². The largest absolute Gasteiger partial charge is 0.493 e. The van der Waals surface area contributed by atoms with E-state index in [1.54, 1.807) is 13.2 Å². The Morgan fingerprint density at radius 1 is 1.47 bits per heavy atom. The summed E-state index contributed by atoms with van der Waals surface area (Å²) in [5.41, 5.74) is 6.78. The molecule has 1 fully saturated rings. The van der Waals surface area contributed by atoms with Gasteiger partial charge < -0.3 is 20.5 Å². The summed E-state index contributed by atoms with van der Waals surface area (Å²) < 4.78 is 10.7. The number of amides is 1. The van der Waals surface area contributed by atoms with E-state index in [2.05, 4.69) is 5.32 Å². The molecular formula is C14H20N2O3. The number of nitrogens with one attached hydrogen (secondary N) is 1. The zero-order valence-corrected chi connectivity index (χ0v) is 11.3. The molecule has 5 heteroatoms. The normalized spacial score (nSPS) is 15.7. The summed E-state index contributed by atoms with van der Waals surface area (Å²) in [7, 11) is 1.57. The van der Waals surface area contributed by atoms with Crippen LogP contribution in [-0.4, -0.2) is 25.7 Å². The molecule has 0 saturated heterocycles. The van der Waals surface area contributed by atoms with Crippen molar-refractivity contribution in [2.75, 3.05) is 13.7 Å². The van der Waals surface area contributed by atoms with Crippen LogP contribution in [0.2, 0.25) is 0 Å². The van der Waals surface area contributed by atoms with Crippen molar-refractivity contribution in [2.24, 2.45) is 5.73 Å². The SMILES string of the molecule is COc1cc([C@@H](C)N)ccc1OCC(=O)NC1CC1. The molecule has 2 rings (SSSR count). The average Bonchev–Trinajstić information content (AvgIpc) is 3.19. The van der Waals surface area contributed by atoms with Gasteiger partial charge in [-0.3, -0.25) is 4.79 Å². The molecule has 5 nitrogen and oxygen atoms in total. The van der Waals surface area contributed by atoms with Crippen LogP contribution in [0, 0.1) is 0 Å². The predicted octanol–water partition coefficient (Wildman–Crippen LogP) is 1.37. The fourth-order valence-electron chi connectivity index (χ4n) is 1.73. The average molecular weight is 264 g/mol. The van der Waals surface area contributed by atoms with E-state index in [9.17, 15) is 4.79 Å². The van der Waals surface area contributed by atoms with Crippen molar-refractivity contribution in [2.45, 2.75) is 31.8 Å². The Bertz CT molecular complexity index is 456. The first-order chi connectivity index (χ1) is 9.10. The predicted molar refractivity (Wildman–Crippen MR) is 72.3 cm³/mol. The fraction of sp³-hybridized carbons (Fsp3) is 0.500. The summed E-state index contributed by atoms with van der Waals surface area (Å²) in [4.78, 5) is 11.5. The number of rotatable bonds is 6. The van der Waals surface area contributed by atoms with E-state index in [4.69, 9.17) is 15.2 Å². The van der Waals surface area contributed by atoms with Gasteiger partial charge in [0.05, 0.1) is 7.11 Å². The zero-order valence-electron chi connectivity index (χ0n) is 11.3. The molecule has 1 aromatic carbocycles. The Labute approximate surface area is 113 Å². The molecule has 0 spiro atoms. The zero-order chi connectivity index (χ0) is 13.8.